The summed E-state index contributed by atoms with van der Waals surface area (Å²) in [6.07, 6.45) is 4.89. The van der Waals surface area contributed by atoms with Crippen molar-refractivity contribution < 1.29 is 9.53 Å². The molecule has 0 bridgehead atoms. The number of urea groups is 1. The first-order chi connectivity index (χ1) is 11.7. The van der Waals surface area contributed by atoms with E-state index in [9.17, 15) is 4.79 Å². The van der Waals surface area contributed by atoms with Gasteiger partial charge in [0.1, 0.15) is 0 Å². The molecule has 0 unspecified atom stereocenters. The average Bonchev–Trinajstić information content (AvgIpc) is 3.20. The molecule has 3 heterocycles. The highest BCUT2D eigenvalue weighted by Gasteiger charge is 2.33. The molecule has 0 aliphatic carbocycles. The van der Waals surface area contributed by atoms with Crippen molar-refractivity contribution in [2.75, 3.05) is 19.7 Å². The second-order valence-electron chi connectivity index (χ2n) is 6.34. The SMILES string of the molecule is CC(C)OCCCNC(=O)N1CCC[C@H]1c1nnc2ccccn12. The number of nitrogens with one attached hydrogen (secondary N) is 1. The summed E-state index contributed by atoms with van der Waals surface area (Å²) >= 11 is 0. The molecule has 2 amide bonds. The quantitative estimate of drug-likeness (QED) is 0.825. The molecule has 1 atom stereocenters. The molecule has 1 aliphatic heterocycles. The zero-order valence-electron chi connectivity index (χ0n) is 14.3. The molecule has 0 radical (unpaired) electrons. The van der Waals surface area contributed by atoms with Gasteiger partial charge in [-0.2, -0.15) is 0 Å². The Labute approximate surface area is 142 Å². The van der Waals surface area contributed by atoms with E-state index < -0.39 is 0 Å². The van der Waals surface area contributed by atoms with Gasteiger partial charge in [0, 0.05) is 25.9 Å². The van der Waals surface area contributed by atoms with Crippen LogP contribution < -0.4 is 5.32 Å². The number of pyridine rings is 1. The Kier molecular flexibility index (Phi) is 5.30. The van der Waals surface area contributed by atoms with Crippen LogP contribution >= 0.6 is 0 Å². The van der Waals surface area contributed by atoms with Crippen LogP contribution in [0.25, 0.3) is 5.65 Å². The average molecular weight is 331 g/mol. The number of nitrogens with zero attached hydrogens (tertiary/aromatic N) is 4. The Morgan fingerprint density at radius 3 is 3.12 bits per heavy atom. The molecule has 7 nitrogen and oxygen atoms in total. The number of aromatic nitrogens is 3. The lowest BCUT2D eigenvalue weighted by Crippen LogP contribution is -2.40. The first-order valence-corrected chi connectivity index (χ1v) is 8.62. The molecule has 2 aromatic rings. The van der Waals surface area contributed by atoms with Gasteiger partial charge < -0.3 is 15.0 Å². The third-order valence-corrected chi connectivity index (χ3v) is 4.20. The van der Waals surface area contributed by atoms with Crippen LogP contribution in [0, 0.1) is 0 Å². The summed E-state index contributed by atoms with van der Waals surface area (Å²) in [6.45, 7) is 6.05. The van der Waals surface area contributed by atoms with Crippen molar-refractivity contribution >= 4 is 11.7 Å². The summed E-state index contributed by atoms with van der Waals surface area (Å²) < 4.78 is 7.46. The van der Waals surface area contributed by atoms with Gasteiger partial charge in [-0.15, -0.1) is 10.2 Å². The molecule has 1 fully saturated rings. The van der Waals surface area contributed by atoms with Crippen LogP contribution in [0.5, 0.6) is 0 Å². The summed E-state index contributed by atoms with van der Waals surface area (Å²) in [5, 5.41) is 11.5. The van der Waals surface area contributed by atoms with E-state index >= 15 is 0 Å². The number of fused-ring (bicyclic) bond motifs is 1. The summed E-state index contributed by atoms with van der Waals surface area (Å²) in [6, 6.07) is 5.76. The van der Waals surface area contributed by atoms with E-state index in [-0.39, 0.29) is 18.2 Å². The van der Waals surface area contributed by atoms with Crippen molar-refractivity contribution in [3.63, 3.8) is 0 Å². The molecule has 7 heteroatoms. The van der Waals surface area contributed by atoms with E-state index in [2.05, 4.69) is 15.5 Å². The Bertz CT molecular complexity index is 684. The maximum Gasteiger partial charge on any atom is 0.318 e. The third-order valence-electron chi connectivity index (χ3n) is 4.20. The lowest BCUT2D eigenvalue weighted by atomic mass is 10.2. The molecule has 1 aliphatic rings. The van der Waals surface area contributed by atoms with Crippen molar-refractivity contribution in [1.29, 1.82) is 0 Å². The molecule has 2 aromatic heterocycles. The van der Waals surface area contributed by atoms with E-state index in [0.717, 1.165) is 37.3 Å². The molecular weight excluding hydrogens is 306 g/mol. The van der Waals surface area contributed by atoms with Crippen LogP contribution in [0.3, 0.4) is 0 Å². The van der Waals surface area contributed by atoms with Crippen LogP contribution in [-0.4, -0.2) is 51.3 Å². The van der Waals surface area contributed by atoms with Crippen molar-refractivity contribution in [2.45, 2.75) is 45.3 Å². The largest absolute Gasteiger partial charge is 0.379 e. The Hall–Kier alpha value is -2.15. The minimum Gasteiger partial charge on any atom is -0.379 e. The van der Waals surface area contributed by atoms with Crippen LogP contribution in [0.2, 0.25) is 0 Å². The Morgan fingerprint density at radius 2 is 2.29 bits per heavy atom. The fourth-order valence-electron chi connectivity index (χ4n) is 3.05. The number of hydrogen-bond acceptors (Lipinski definition) is 4. The minimum atomic E-state index is -0.0327. The Balaban J connectivity index is 1.60. The first-order valence-electron chi connectivity index (χ1n) is 8.62. The second-order valence-corrected chi connectivity index (χ2v) is 6.34. The van der Waals surface area contributed by atoms with Crippen molar-refractivity contribution in [2.24, 2.45) is 0 Å². The number of hydrogen-bond donors (Lipinski definition) is 1. The topological polar surface area (TPSA) is 71.8 Å². The van der Waals surface area contributed by atoms with Gasteiger partial charge in [-0.3, -0.25) is 4.40 Å². The van der Waals surface area contributed by atoms with Crippen LogP contribution in [0.4, 0.5) is 4.79 Å². The normalized spacial score (nSPS) is 17.8. The highest BCUT2D eigenvalue weighted by atomic mass is 16.5. The van der Waals surface area contributed by atoms with E-state index in [1.807, 2.05) is 47.5 Å². The molecule has 3 rings (SSSR count). The zero-order valence-corrected chi connectivity index (χ0v) is 14.3. The number of rotatable bonds is 6. The van der Waals surface area contributed by atoms with Gasteiger partial charge >= 0.3 is 6.03 Å². The molecule has 130 valence electrons. The molecule has 1 saturated heterocycles. The summed E-state index contributed by atoms with van der Waals surface area (Å²) in [5.74, 6) is 0.835. The zero-order chi connectivity index (χ0) is 16.9. The minimum absolute atomic E-state index is 0.0192. The van der Waals surface area contributed by atoms with Gasteiger partial charge in [-0.05, 0) is 45.2 Å². The summed E-state index contributed by atoms with van der Waals surface area (Å²) in [4.78, 5) is 14.4. The highest BCUT2D eigenvalue weighted by Crippen LogP contribution is 2.30. The van der Waals surface area contributed by atoms with E-state index in [1.165, 1.54) is 0 Å². The maximum absolute atomic E-state index is 12.5. The van der Waals surface area contributed by atoms with Crippen LogP contribution in [0.1, 0.15) is 45.0 Å². The van der Waals surface area contributed by atoms with E-state index in [0.29, 0.717) is 13.2 Å². The molecule has 0 aromatic carbocycles. The molecular formula is C17H25N5O2. The molecule has 0 saturated carbocycles. The van der Waals surface area contributed by atoms with Gasteiger partial charge in [0.15, 0.2) is 11.5 Å². The van der Waals surface area contributed by atoms with Crippen molar-refractivity contribution in [3.05, 3.63) is 30.2 Å². The monoisotopic (exact) mass is 331 g/mol. The smallest absolute Gasteiger partial charge is 0.318 e. The van der Waals surface area contributed by atoms with Crippen molar-refractivity contribution in [3.8, 4) is 0 Å². The van der Waals surface area contributed by atoms with Gasteiger partial charge in [-0.25, -0.2) is 4.79 Å². The molecule has 24 heavy (non-hydrogen) atoms. The van der Waals surface area contributed by atoms with Gasteiger partial charge in [0.05, 0.1) is 12.1 Å². The predicted octanol–water partition coefficient (Wildman–Crippen LogP) is 2.39. The number of ether oxygens (including phenoxy) is 1. The first kappa shape index (κ1) is 16.7. The van der Waals surface area contributed by atoms with E-state index in [4.69, 9.17) is 4.74 Å². The fraction of sp³-hybridized carbons (Fsp3) is 0.588. The molecule has 1 N–H and O–H groups in total. The number of carbonyl (C=O) groups is 1. The van der Waals surface area contributed by atoms with Gasteiger partial charge in [0.2, 0.25) is 0 Å². The van der Waals surface area contributed by atoms with Crippen LogP contribution in [-0.2, 0) is 4.74 Å². The van der Waals surface area contributed by atoms with E-state index in [1.54, 1.807) is 0 Å². The van der Waals surface area contributed by atoms with Crippen LogP contribution in [0.15, 0.2) is 24.4 Å². The number of amides is 2. The maximum atomic E-state index is 12.5. The number of likely N-dealkylation sites (tertiary alicyclic amines) is 1. The van der Waals surface area contributed by atoms with Gasteiger partial charge in [-0.1, -0.05) is 6.07 Å². The standard InChI is InChI=1S/C17H25N5O2/c1-13(2)24-12-6-9-18-17(23)21-11-5-7-14(21)16-20-19-15-8-3-4-10-22(15)16/h3-4,8,10,13-14H,5-7,9,11-12H2,1-2H3,(H,18,23)/t14-/m0/s1. The second kappa shape index (κ2) is 7.61. The summed E-state index contributed by atoms with van der Waals surface area (Å²) in [7, 11) is 0. The van der Waals surface area contributed by atoms with Crippen molar-refractivity contribution in [1.82, 2.24) is 24.8 Å². The molecule has 0 spiro atoms. The fourth-order valence-corrected chi connectivity index (χ4v) is 3.05. The Morgan fingerprint density at radius 1 is 1.42 bits per heavy atom. The summed E-state index contributed by atoms with van der Waals surface area (Å²) in [5.41, 5.74) is 0.811. The highest BCUT2D eigenvalue weighted by molar-refractivity contribution is 5.75. The number of carbonyl (C=O) groups excluding carboxylic acids is 1. The lowest BCUT2D eigenvalue weighted by molar-refractivity contribution is 0.0771. The lowest BCUT2D eigenvalue weighted by Gasteiger charge is -2.23. The van der Waals surface area contributed by atoms with Gasteiger partial charge in [0.25, 0.3) is 0 Å². The third kappa shape index (κ3) is 3.67. The predicted molar refractivity (Wildman–Crippen MR) is 90.8 cm³/mol.